The summed E-state index contributed by atoms with van der Waals surface area (Å²) in [6.45, 7) is 4.33. The highest BCUT2D eigenvalue weighted by Gasteiger charge is 2.44. The smallest absolute Gasteiger partial charge is 0.212 e. The fourth-order valence-corrected chi connectivity index (χ4v) is 9.38. The summed E-state index contributed by atoms with van der Waals surface area (Å²) in [5, 5.41) is 40.3. The second-order valence-electron chi connectivity index (χ2n) is 11.1. The lowest BCUT2D eigenvalue weighted by Gasteiger charge is -2.27. The van der Waals surface area contributed by atoms with Gasteiger partial charge in [-0.05, 0) is 52.8 Å². The zero-order chi connectivity index (χ0) is 32.2. The van der Waals surface area contributed by atoms with Crippen LogP contribution in [-0.2, 0) is 11.8 Å². The molecule has 7 rings (SSSR count). The van der Waals surface area contributed by atoms with Crippen molar-refractivity contribution in [2.75, 3.05) is 0 Å². The minimum Gasteiger partial charge on any atom is -0.287 e. The summed E-state index contributed by atoms with van der Waals surface area (Å²) in [5.74, 6) is -0.301. The lowest BCUT2D eigenvalue weighted by Crippen LogP contribution is -2.22. The van der Waals surface area contributed by atoms with Gasteiger partial charge in [-0.1, -0.05) is 62.4 Å². The SMILES string of the molecule is CCC1(CC)c2cc(/N=C3\C(=O)c4ccccc4C3=C(C#N)C#N)sc2-c2sc(/N=C3\Cc4ccccc4C3=C(C#N)C#N)cc21. The standard InChI is InChI=1S/C37H22N6OS2/c1-3-37(4-2)26-14-29(42-28-13-20-9-5-6-10-23(20)31(28)21(16-38)17-39)45-35(26)36-27(37)15-30(46-36)43-33-32(22(18-40)19-41)24-11-7-8-12-25(24)34(33)44/h5-12,14-15H,3-4,13H2,1-2H3/b42-28+,43-33-. The van der Waals surface area contributed by atoms with Crippen LogP contribution < -0.4 is 0 Å². The third kappa shape index (κ3) is 4.08. The molecular weight excluding hydrogens is 609 g/mol. The number of nitrogens with zero attached hydrogens (tertiary/aromatic N) is 6. The van der Waals surface area contributed by atoms with Crippen LogP contribution in [0.2, 0.25) is 0 Å². The number of rotatable bonds is 4. The third-order valence-corrected chi connectivity index (χ3v) is 11.3. The van der Waals surface area contributed by atoms with Gasteiger partial charge < -0.3 is 0 Å². The number of aliphatic imine (C=N–C) groups is 2. The van der Waals surface area contributed by atoms with Gasteiger partial charge in [0.1, 0.15) is 51.1 Å². The first kappa shape index (κ1) is 29.0. The van der Waals surface area contributed by atoms with Crippen LogP contribution in [0.4, 0.5) is 10.0 Å². The van der Waals surface area contributed by atoms with Crippen LogP contribution in [0.1, 0.15) is 64.9 Å². The summed E-state index contributed by atoms with van der Waals surface area (Å²) in [5.41, 5.74) is 6.59. The highest BCUT2D eigenvalue weighted by molar-refractivity contribution is 7.26. The zero-order valence-electron chi connectivity index (χ0n) is 24.8. The molecule has 0 bridgehead atoms. The van der Waals surface area contributed by atoms with Crippen LogP contribution in [0.15, 0.2) is 81.8 Å². The largest absolute Gasteiger partial charge is 0.287 e. The highest BCUT2D eigenvalue weighted by Crippen LogP contribution is 2.61. The molecule has 0 unspecified atom stereocenters. The summed E-state index contributed by atoms with van der Waals surface area (Å²) >= 11 is 3.07. The Morgan fingerprint density at radius 1 is 0.739 bits per heavy atom. The number of benzene rings is 2. The minimum absolute atomic E-state index is 0.0570. The van der Waals surface area contributed by atoms with E-state index in [-0.39, 0.29) is 33.6 Å². The molecule has 0 radical (unpaired) electrons. The molecule has 0 amide bonds. The molecule has 2 aromatic heterocycles. The fourth-order valence-electron chi connectivity index (χ4n) is 6.93. The Bertz CT molecular complexity index is 2300. The van der Waals surface area contributed by atoms with Gasteiger partial charge >= 0.3 is 0 Å². The predicted octanol–water partition coefficient (Wildman–Crippen LogP) is 8.80. The van der Waals surface area contributed by atoms with E-state index in [1.54, 1.807) is 35.6 Å². The minimum atomic E-state index is -0.301. The van der Waals surface area contributed by atoms with E-state index >= 15 is 0 Å². The molecule has 46 heavy (non-hydrogen) atoms. The summed E-state index contributed by atoms with van der Waals surface area (Å²) in [6.07, 6.45) is 2.23. The maximum Gasteiger partial charge on any atom is 0.212 e. The van der Waals surface area contributed by atoms with Crippen molar-refractivity contribution in [1.82, 2.24) is 0 Å². The molecule has 2 heterocycles. The molecule has 2 aromatic carbocycles. The van der Waals surface area contributed by atoms with Gasteiger partial charge in [-0.15, -0.1) is 22.7 Å². The first-order valence-electron chi connectivity index (χ1n) is 14.7. The Morgan fingerprint density at radius 3 is 1.85 bits per heavy atom. The Labute approximate surface area is 273 Å². The van der Waals surface area contributed by atoms with Crippen LogP contribution in [0.3, 0.4) is 0 Å². The second kappa shape index (κ2) is 11.0. The van der Waals surface area contributed by atoms with Gasteiger partial charge in [-0.3, -0.25) is 4.79 Å². The van der Waals surface area contributed by atoms with Crippen molar-refractivity contribution in [3.8, 4) is 34.0 Å². The molecule has 3 aliphatic rings. The average molecular weight is 631 g/mol. The number of ketones is 1. The van der Waals surface area contributed by atoms with E-state index in [0.29, 0.717) is 33.8 Å². The van der Waals surface area contributed by atoms with Crippen LogP contribution in [-0.4, -0.2) is 17.2 Å². The lowest BCUT2D eigenvalue weighted by atomic mass is 9.75. The number of thiophene rings is 2. The van der Waals surface area contributed by atoms with Crippen LogP contribution >= 0.6 is 22.7 Å². The number of hydrogen-bond donors (Lipinski definition) is 0. The van der Waals surface area contributed by atoms with E-state index in [1.807, 2.05) is 42.5 Å². The molecule has 0 aliphatic heterocycles. The highest BCUT2D eigenvalue weighted by atomic mass is 32.1. The van der Waals surface area contributed by atoms with Gasteiger partial charge in [0.15, 0.2) is 0 Å². The van der Waals surface area contributed by atoms with Crippen LogP contribution in [0.5, 0.6) is 0 Å². The van der Waals surface area contributed by atoms with Gasteiger partial charge in [0.05, 0.1) is 15.5 Å². The number of hydrogen-bond acceptors (Lipinski definition) is 9. The van der Waals surface area contributed by atoms with E-state index in [9.17, 15) is 25.8 Å². The summed E-state index contributed by atoms with van der Waals surface area (Å²) in [7, 11) is 0. The molecule has 0 atom stereocenters. The van der Waals surface area contributed by atoms with Crippen LogP contribution in [0, 0.1) is 45.3 Å². The molecule has 218 valence electrons. The topological polar surface area (TPSA) is 137 Å². The normalized spacial score (nSPS) is 16.7. The van der Waals surface area contributed by atoms with E-state index in [1.165, 1.54) is 16.9 Å². The van der Waals surface area contributed by atoms with Crippen molar-refractivity contribution < 1.29 is 4.79 Å². The Hall–Kier alpha value is -5.71. The quantitative estimate of drug-likeness (QED) is 0.208. The lowest BCUT2D eigenvalue weighted by molar-refractivity contribution is 0.107. The van der Waals surface area contributed by atoms with Gasteiger partial charge in [-0.25, -0.2) is 9.98 Å². The molecule has 0 saturated carbocycles. The van der Waals surface area contributed by atoms with Crippen molar-refractivity contribution in [2.24, 2.45) is 9.98 Å². The summed E-state index contributed by atoms with van der Waals surface area (Å²) < 4.78 is 0. The Morgan fingerprint density at radius 2 is 1.26 bits per heavy atom. The van der Waals surface area contributed by atoms with Crippen LogP contribution in [0.25, 0.3) is 20.9 Å². The van der Waals surface area contributed by atoms with Gasteiger partial charge in [-0.2, -0.15) is 21.0 Å². The Balaban J connectivity index is 1.36. The number of carbonyl (C=O) groups excluding carboxylic acids is 1. The molecule has 4 aromatic rings. The van der Waals surface area contributed by atoms with E-state index in [0.717, 1.165) is 44.3 Å². The first-order chi connectivity index (χ1) is 22.4. The van der Waals surface area contributed by atoms with E-state index in [2.05, 4.69) is 32.1 Å². The van der Waals surface area contributed by atoms with E-state index in [4.69, 9.17) is 9.98 Å². The fraction of sp³-hybridized carbons (Fsp3) is 0.162. The number of nitriles is 4. The molecule has 0 fully saturated rings. The molecule has 9 heteroatoms. The average Bonchev–Trinajstić information content (AvgIpc) is 3.87. The summed E-state index contributed by atoms with van der Waals surface area (Å²) in [4.78, 5) is 25.5. The monoisotopic (exact) mass is 630 g/mol. The molecular formula is C37H22N6OS2. The van der Waals surface area contributed by atoms with Crippen molar-refractivity contribution in [3.05, 3.63) is 105 Å². The maximum atomic E-state index is 13.5. The number of allylic oxidation sites excluding steroid dienone is 4. The van der Waals surface area contributed by atoms with Crippen molar-refractivity contribution >= 4 is 61.0 Å². The molecule has 3 aliphatic carbocycles. The van der Waals surface area contributed by atoms with Gasteiger partial charge in [0, 0.05) is 28.5 Å². The zero-order valence-corrected chi connectivity index (χ0v) is 26.4. The third-order valence-electron chi connectivity index (χ3n) is 9.12. The maximum absolute atomic E-state index is 13.5. The predicted molar refractivity (Wildman–Crippen MR) is 180 cm³/mol. The summed E-state index contributed by atoms with van der Waals surface area (Å²) in [6, 6.07) is 27.0. The van der Waals surface area contributed by atoms with Crippen molar-refractivity contribution in [3.63, 3.8) is 0 Å². The van der Waals surface area contributed by atoms with Crippen molar-refractivity contribution in [1.29, 1.82) is 21.0 Å². The molecule has 0 spiro atoms. The molecule has 0 N–H and O–H groups in total. The number of Topliss-reactive ketones (excluding diaryl/α,β-unsaturated/α-hetero) is 1. The molecule has 0 saturated heterocycles. The number of fused-ring (bicyclic) bond motifs is 5. The first-order valence-corrected chi connectivity index (χ1v) is 16.3. The van der Waals surface area contributed by atoms with Gasteiger partial charge in [0.2, 0.25) is 5.78 Å². The number of carbonyl (C=O) groups is 1. The van der Waals surface area contributed by atoms with Crippen molar-refractivity contribution in [2.45, 2.75) is 38.5 Å². The van der Waals surface area contributed by atoms with Gasteiger partial charge in [0.25, 0.3) is 0 Å². The van der Waals surface area contributed by atoms with E-state index < -0.39 is 0 Å². The second-order valence-corrected chi connectivity index (χ2v) is 13.2. The Kier molecular flexibility index (Phi) is 6.96. The molecule has 7 nitrogen and oxygen atoms in total.